The van der Waals surface area contributed by atoms with Crippen molar-refractivity contribution >= 4 is 0 Å². The fraction of sp³-hybridized carbons (Fsp3) is 0.545. The topological polar surface area (TPSA) is 36.4 Å². The Morgan fingerprint density at radius 2 is 2.14 bits per heavy atom. The molecule has 0 spiro atoms. The second kappa shape index (κ2) is 4.07. The lowest BCUT2D eigenvalue weighted by Gasteiger charge is -2.12. The summed E-state index contributed by atoms with van der Waals surface area (Å²) < 4.78 is 0. The van der Waals surface area contributed by atoms with Crippen LogP contribution < -0.4 is 0 Å². The van der Waals surface area contributed by atoms with Crippen molar-refractivity contribution in [1.29, 1.82) is 0 Å². The van der Waals surface area contributed by atoms with Gasteiger partial charge in [-0.25, -0.2) is 0 Å². The number of likely N-dealkylation sites (tertiary alicyclic amines) is 1. The van der Waals surface area contributed by atoms with Gasteiger partial charge >= 0.3 is 0 Å². The zero-order chi connectivity index (χ0) is 9.97. The molecule has 0 saturated carbocycles. The summed E-state index contributed by atoms with van der Waals surface area (Å²) in [5.41, 5.74) is 1.26. The van der Waals surface area contributed by atoms with Gasteiger partial charge in [0.05, 0.1) is 6.10 Å². The van der Waals surface area contributed by atoms with Gasteiger partial charge in [0.2, 0.25) is 0 Å². The van der Waals surface area contributed by atoms with E-state index in [2.05, 4.69) is 16.9 Å². The molecule has 0 aromatic carbocycles. The number of hydrogen-bond donors (Lipinski definition) is 1. The third-order valence-corrected chi connectivity index (χ3v) is 2.84. The Hall–Kier alpha value is -0.930. The van der Waals surface area contributed by atoms with E-state index in [4.69, 9.17) is 0 Å². The number of rotatable bonds is 2. The molecule has 76 valence electrons. The van der Waals surface area contributed by atoms with E-state index in [1.54, 1.807) is 12.4 Å². The second-order valence-electron chi connectivity index (χ2n) is 4.11. The van der Waals surface area contributed by atoms with Crippen LogP contribution in [-0.4, -0.2) is 41.2 Å². The number of aromatic nitrogens is 1. The average Bonchev–Trinajstić information content (AvgIpc) is 2.47. The number of β-amino-alcohol motifs (C(OH)–C–C–N with tert-alkyl or cyclic N) is 1. The number of likely N-dealkylation sites (N-methyl/N-ethyl adjacent to an activating group) is 1. The van der Waals surface area contributed by atoms with E-state index >= 15 is 0 Å². The minimum Gasteiger partial charge on any atom is -0.391 e. The molecule has 2 rings (SSSR count). The first-order chi connectivity index (χ1) is 6.75. The van der Waals surface area contributed by atoms with Crippen LogP contribution in [0.3, 0.4) is 0 Å². The molecule has 1 fully saturated rings. The van der Waals surface area contributed by atoms with Crippen molar-refractivity contribution < 1.29 is 5.11 Å². The third-order valence-electron chi connectivity index (χ3n) is 2.84. The highest BCUT2D eigenvalue weighted by atomic mass is 16.3. The van der Waals surface area contributed by atoms with Gasteiger partial charge in [-0.3, -0.25) is 4.98 Å². The number of nitrogens with zero attached hydrogens (tertiary/aromatic N) is 2. The minimum atomic E-state index is -0.173. The highest BCUT2D eigenvalue weighted by Crippen LogP contribution is 2.19. The second-order valence-corrected chi connectivity index (χ2v) is 4.11. The quantitative estimate of drug-likeness (QED) is 0.743. The van der Waals surface area contributed by atoms with Crippen LogP contribution in [0, 0.1) is 5.92 Å². The first-order valence-corrected chi connectivity index (χ1v) is 5.01. The lowest BCUT2D eigenvalue weighted by molar-refractivity contribution is 0.143. The lowest BCUT2D eigenvalue weighted by Crippen LogP contribution is -2.19. The molecule has 1 aromatic heterocycles. The molecule has 3 nitrogen and oxygen atoms in total. The summed E-state index contributed by atoms with van der Waals surface area (Å²) in [5, 5.41) is 9.76. The monoisotopic (exact) mass is 192 g/mol. The molecule has 2 atom stereocenters. The van der Waals surface area contributed by atoms with Gasteiger partial charge in [-0.2, -0.15) is 0 Å². The van der Waals surface area contributed by atoms with Crippen LogP contribution in [-0.2, 0) is 6.42 Å². The summed E-state index contributed by atoms with van der Waals surface area (Å²) in [5.74, 6) is 0.377. The Balaban J connectivity index is 1.98. The molecule has 0 unspecified atom stereocenters. The Bertz CT molecular complexity index is 289. The Labute approximate surface area is 84.4 Å². The van der Waals surface area contributed by atoms with Gasteiger partial charge in [-0.1, -0.05) is 0 Å². The molecule has 1 aliphatic heterocycles. The molecule has 0 aliphatic carbocycles. The molecule has 14 heavy (non-hydrogen) atoms. The van der Waals surface area contributed by atoms with Gasteiger partial charge in [0.1, 0.15) is 0 Å². The maximum atomic E-state index is 9.76. The molecular formula is C11H16N2O. The molecule has 0 bridgehead atoms. The summed E-state index contributed by atoms with van der Waals surface area (Å²) in [6.45, 7) is 1.79. The molecule has 2 heterocycles. The Kier molecular flexibility index (Phi) is 2.79. The van der Waals surface area contributed by atoms with Crippen molar-refractivity contribution in [3.05, 3.63) is 30.1 Å². The summed E-state index contributed by atoms with van der Waals surface area (Å²) in [6.07, 6.45) is 4.39. The van der Waals surface area contributed by atoms with Gasteiger partial charge in [0, 0.05) is 31.4 Å². The van der Waals surface area contributed by atoms with Crippen LogP contribution in [0.5, 0.6) is 0 Å². The Morgan fingerprint density at radius 3 is 2.71 bits per heavy atom. The Morgan fingerprint density at radius 1 is 1.43 bits per heavy atom. The van der Waals surface area contributed by atoms with E-state index in [1.807, 2.05) is 12.1 Å². The number of pyridine rings is 1. The fourth-order valence-corrected chi connectivity index (χ4v) is 2.09. The van der Waals surface area contributed by atoms with Crippen molar-refractivity contribution in [3.8, 4) is 0 Å². The van der Waals surface area contributed by atoms with Crippen molar-refractivity contribution in [2.24, 2.45) is 5.92 Å². The summed E-state index contributed by atoms with van der Waals surface area (Å²) in [7, 11) is 2.05. The van der Waals surface area contributed by atoms with E-state index in [1.165, 1.54) is 5.56 Å². The SMILES string of the molecule is CN1C[C@H](Cc2ccncc2)[C@@H](O)C1. The molecule has 1 aliphatic rings. The predicted octanol–water partition coefficient (Wildman–Crippen LogP) is 0.547. The highest BCUT2D eigenvalue weighted by molar-refractivity contribution is 5.11. The van der Waals surface area contributed by atoms with E-state index < -0.39 is 0 Å². The van der Waals surface area contributed by atoms with Gasteiger partial charge in [-0.05, 0) is 31.2 Å². The zero-order valence-electron chi connectivity index (χ0n) is 8.43. The van der Waals surface area contributed by atoms with E-state index in [-0.39, 0.29) is 6.10 Å². The van der Waals surface area contributed by atoms with Crippen LogP contribution in [0.15, 0.2) is 24.5 Å². The molecule has 1 saturated heterocycles. The zero-order valence-corrected chi connectivity index (χ0v) is 8.43. The average molecular weight is 192 g/mol. The van der Waals surface area contributed by atoms with Gasteiger partial charge in [0.25, 0.3) is 0 Å². The largest absolute Gasteiger partial charge is 0.391 e. The van der Waals surface area contributed by atoms with Crippen LogP contribution in [0.25, 0.3) is 0 Å². The summed E-state index contributed by atoms with van der Waals surface area (Å²) in [6, 6.07) is 4.04. The number of hydrogen-bond acceptors (Lipinski definition) is 3. The number of aliphatic hydroxyl groups is 1. The maximum absolute atomic E-state index is 9.76. The summed E-state index contributed by atoms with van der Waals surface area (Å²) in [4.78, 5) is 6.16. The first kappa shape index (κ1) is 9.62. The van der Waals surface area contributed by atoms with Crippen molar-refractivity contribution in [2.45, 2.75) is 12.5 Å². The van der Waals surface area contributed by atoms with Crippen LogP contribution in [0.2, 0.25) is 0 Å². The van der Waals surface area contributed by atoms with Gasteiger partial charge in [0.15, 0.2) is 0 Å². The molecule has 0 radical (unpaired) electrons. The lowest BCUT2D eigenvalue weighted by atomic mass is 9.97. The van der Waals surface area contributed by atoms with E-state index in [0.717, 1.165) is 19.5 Å². The minimum absolute atomic E-state index is 0.173. The molecular weight excluding hydrogens is 176 g/mol. The van der Waals surface area contributed by atoms with E-state index in [0.29, 0.717) is 5.92 Å². The smallest absolute Gasteiger partial charge is 0.0710 e. The molecule has 0 amide bonds. The van der Waals surface area contributed by atoms with E-state index in [9.17, 15) is 5.11 Å². The molecule has 1 N–H and O–H groups in total. The highest BCUT2D eigenvalue weighted by Gasteiger charge is 2.28. The van der Waals surface area contributed by atoms with Crippen LogP contribution in [0.4, 0.5) is 0 Å². The predicted molar refractivity (Wildman–Crippen MR) is 54.9 cm³/mol. The van der Waals surface area contributed by atoms with Crippen LogP contribution >= 0.6 is 0 Å². The third kappa shape index (κ3) is 2.11. The van der Waals surface area contributed by atoms with Gasteiger partial charge in [-0.15, -0.1) is 0 Å². The van der Waals surface area contributed by atoms with Crippen molar-refractivity contribution in [1.82, 2.24) is 9.88 Å². The first-order valence-electron chi connectivity index (χ1n) is 5.01. The maximum Gasteiger partial charge on any atom is 0.0710 e. The van der Waals surface area contributed by atoms with Gasteiger partial charge < -0.3 is 10.0 Å². The van der Waals surface area contributed by atoms with Crippen molar-refractivity contribution in [2.75, 3.05) is 20.1 Å². The van der Waals surface area contributed by atoms with Crippen LogP contribution in [0.1, 0.15) is 5.56 Å². The normalized spacial score (nSPS) is 28.1. The fourth-order valence-electron chi connectivity index (χ4n) is 2.09. The summed E-state index contributed by atoms with van der Waals surface area (Å²) >= 11 is 0. The number of aliphatic hydroxyl groups excluding tert-OH is 1. The van der Waals surface area contributed by atoms with Crippen molar-refractivity contribution in [3.63, 3.8) is 0 Å². The molecule has 1 aromatic rings. The molecule has 3 heteroatoms. The standard InChI is InChI=1S/C11H16N2O/c1-13-7-10(11(14)8-13)6-9-2-4-12-5-3-9/h2-5,10-11,14H,6-8H2,1H3/t10-,11-/m0/s1.